The van der Waals surface area contributed by atoms with Gasteiger partial charge in [0.25, 0.3) is 0 Å². The molecule has 0 spiro atoms. The molecule has 2 aliphatic carbocycles. The molecule has 3 N–H and O–H groups in total. The summed E-state index contributed by atoms with van der Waals surface area (Å²) >= 11 is 0. The molecule has 4 aliphatic rings. The first-order valence-electron chi connectivity index (χ1n) is 17.0. The van der Waals surface area contributed by atoms with Gasteiger partial charge in [-0.1, -0.05) is 45.1 Å². The third kappa shape index (κ3) is 7.56. The van der Waals surface area contributed by atoms with E-state index in [1.165, 1.54) is 16.4 Å². The minimum Gasteiger partial charge on any atom is -0.443 e. The molecule has 3 bridgehead atoms. The van der Waals surface area contributed by atoms with Gasteiger partial charge in [-0.3, -0.25) is 0 Å². The number of aliphatic hydroxyl groups is 1. The molecule has 6 rings (SSSR count). The van der Waals surface area contributed by atoms with E-state index in [0.29, 0.717) is 48.6 Å². The molecule has 0 radical (unpaired) electrons. The van der Waals surface area contributed by atoms with E-state index < -0.39 is 34.4 Å². The van der Waals surface area contributed by atoms with Gasteiger partial charge in [-0.05, 0) is 68.3 Å². The number of nitrogens with zero attached hydrogens (tertiary/aromatic N) is 2. The van der Waals surface area contributed by atoms with Crippen molar-refractivity contribution in [1.29, 1.82) is 0 Å². The second-order valence-electron chi connectivity index (χ2n) is 13.9. The lowest BCUT2D eigenvalue weighted by Gasteiger charge is -2.42. The lowest BCUT2D eigenvalue weighted by Crippen LogP contribution is -2.53. The van der Waals surface area contributed by atoms with Crippen LogP contribution in [0, 0.1) is 29.6 Å². The fourth-order valence-corrected chi connectivity index (χ4v) is 9.06. The lowest BCUT2D eigenvalue weighted by molar-refractivity contribution is -0.167. The number of carbonyl (C=O) groups is 1. The Balaban J connectivity index is 1.17. The Morgan fingerprint density at radius 1 is 1.17 bits per heavy atom. The number of alkyl carbamates (subject to hydrolysis) is 1. The molecule has 1 aromatic carbocycles. The number of nitrogens with one attached hydrogen (secondary N) is 2. The number of fused-ring (bicyclic) bond motifs is 2. The molecule has 6 unspecified atom stereocenters. The molecule has 48 heavy (non-hydrogen) atoms. The van der Waals surface area contributed by atoms with Gasteiger partial charge in [0.1, 0.15) is 6.10 Å². The summed E-state index contributed by atoms with van der Waals surface area (Å²) in [6.07, 6.45) is 8.76. The monoisotopic (exact) mass is 684 g/mol. The van der Waals surface area contributed by atoms with Gasteiger partial charge in [-0.15, -0.1) is 0 Å². The maximum Gasteiger partial charge on any atom is 0.407 e. The van der Waals surface area contributed by atoms with Crippen LogP contribution in [0.25, 0.3) is 11.3 Å². The van der Waals surface area contributed by atoms with Crippen molar-refractivity contribution in [2.24, 2.45) is 29.6 Å². The topological polar surface area (TPSA) is 152 Å². The van der Waals surface area contributed by atoms with Crippen molar-refractivity contribution in [2.75, 3.05) is 26.7 Å². The molecule has 13 heteroatoms. The Labute approximate surface area is 283 Å². The number of benzene rings is 1. The number of ether oxygens (including phenoxy) is 3. The normalized spacial score (nSPS) is 29.0. The maximum absolute atomic E-state index is 14.0. The molecule has 2 saturated heterocycles. The van der Waals surface area contributed by atoms with Crippen LogP contribution >= 0.6 is 0 Å². The van der Waals surface area contributed by atoms with E-state index in [4.69, 9.17) is 18.6 Å². The zero-order valence-corrected chi connectivity index (χ0v) is 28.8. The van der Waals surface area contributed by atoms with Crippen LogP contribution in [0.5, 0.6) is 0 Å². The molecule has 262 valence electrons. The Kier molecular flexibility index (Phi) is 10.7. The van der Waals surface area contributed by atoms with Crippen LogP contribution in [0.2, 0.25) is 0 Å². The molecule has 2 aromatic rings. The van der Waals surface area contributed by atoms with E-state index in [1.807, 2.05) is 38.2 Å². The third-order valence-corrected chi connectivity index (χ3v) is 11.9. The van der Waals surface area contributed by atoms with Gasteiger partial charge in [0.2, 0.25) is 15.9 Å². The summed E-state index contributed by atoms with van der Waals surface area (Å²) in [6, 6.07) is 5.67. The fraction of sp³-hybridized carbons (Fsp3) is 0.600. The highest BCUT2D eigenvalue weighted by atomic mass is 32.2. The Bertz CT molecular complexity index is 1570. The SMILES string of the molecule is CNCc1ncc(-c2ccc(S(=O)(=O)N(CC(C)C)C[C@@H](O)[C@H](CC3C=CC=CC3)NC(=O)OC3C4CC5C(OCC3[C@@H]5C)O4)cc2)o1. The number of aliphatic hydroxyl groups excluding tert-OH is 1. The van der Waals surface area contributed by atoms with Crippen molar-refractivity contribution in [3.63, 3.8) is 0 Å². The molecule has 2 aliphatic heterocycles. The highest BCUT2D eigenvalue weighted by Gasteiger charge is 2.57. The standard InChI is InChI=1S/C35H48N4O8S/c1-21(2)18-39(48(42,43)25-12-10-24(11-13-25)31-16-37-32(45-31)17-36-4)19-29(40)28(14-23-8-6-5-7-9-23)38-35(41)47-33-27-20-44-34-26(22(27)3)15-30(33)46-34/h5-8,10-13,16,21-23,26-30,33-34,36,40H,9,14-15,17-20H2,1-4H3,(H,38,41)/t22-,23?,26?,27?,28+,29-,30?,33?,34?/m1/s1. The van der Waals surface area contributed by atoms with Gasteiger partial charge >= 0.3 is 6.09 Å². The second kappa shape index (κ2) is 14.8. The van der Waals surface area contributed by atoms with Crippen LogP contribution in [-0.2, 0) is 30.8 Å². The van der Waals surface area contributed by atoms with E-state index in [2.05, 4.69) is 22.5 Å². The molecular weight excluding hydrogens is 636 g/mol. The summed E-state index contributed by atoms with van der Waals surface area (Å²) in [7, 11) is -2.21. The lowest BCUT2D eigenvalue weighted by atomic mass is 9.70. The molecule has 3 fully saturated rings. The highest BCUT2D eigenvalue weighted by molar-refractivity contribution is 7.89. The number of oxazole rings is 1. The maximum atomic E-state index is 14.0. The largest absolute Gasteiger partial charge is 0.443 e. The van der Waals surface area contributed by atoms with Crippen LogP contribution in [0.3, 0.4) is 0 Å². The number of rotatable bonds is 14. The Hall–Kier alpha value is -3.07. The summed E-state index contributed by atoms with van der Waals surface area (Å²) in [5.41, 5.74) is 0.696. The first-order chi connectivity index (χ1) is 23.0. The minimum absolute atomic E-state index is 0.0187. The van der Waals surface area contributed by atoms with Crippen LogP contribution in [0.1, 0.15) is 45.9 Å². The van der Waals surface area contributed by atoms with E-state index >= 15 is 0 Å². The quantitative estimate of drug-likeness (QED) is 0.266. The summed E-state index contributed by atoms with van der Waals surface area (Å²) in [4.78, 5) is 17.8. The van der Waals surface area contributed by atoms with Crippen molar-refractivity contribution >= 4 is 16.1 Å². The molecule has 9 atom stereocenters. The van der Waals surface area contributed by atoms with E-state index in [9.17, 15) is 18.3 Å². The van der Waals surface area contributed by atoms with Crippen molar-refractivity contribution in [1.82, 2.24) is 19.9 Å². The number of sulfonamides is 1. The first kappa shape index (κ1) is 34.8. The van der Waals surface area contributed by atoms with Gasteiger partial charge in [-0.2, -0.15) is 4.31 Å². The van der Waals surface area contributed by atoms with E-state index in [-0.39, 0.29) is 48.1 Å². The number of hydrogen-bond donors (Lipinski definition) is 3. The molecule has 1 saturated carbocycles. The van der Waals surface area contributed by atoms with Gasteiger partial charge in [-0.25, -0.2) is 18.2 Å². The van der Waals surface area contributed by atoms with Crippen molar-refractivity contribution in [3.8, 4) is 11.3 Å². The third-order valence-electron chi connectivity index (χ3n) is 10.0. The summed E-state index contributed by atoms with van der Waals surface area (Å²) in [6.45, 7) is 6.94. The number of carbonyl (C=O) groups excluding carboxylic acids is 1. The molecule has 1 amide bonds. The number of hydrogen-bond acceptors (Lipinski definition) is 10. The smallest absolute Gasteiger partial charge is 0.407 e. The molecule has 1 aromatic heterocycles. The van der Waals surface area contributed by atoms with Gasteiger partial charge in [0.05, 0.1) is 42.5 Å². The average molecular weight is 685 g/mol. The van der Waals surface area contributed by atoms with Crippen LogP contribution in [-0.4, -0.2) is 86.3 Å². The number of aromatic nitrogens is 1. The zero-order chi connectivity index (χ0) is 34.0. The van der Waals surface area contributed by atoms with Crippen molar-refractivity contribution < 1.29 is 36.9 Å². The predicted molar refractivity (Wildman–Crippen MR) is 178 cm³/mol. The minimum atomic E-state index is -4.01. The Morgan fingerprint density at radius 3 is 2.67 bits per heavy atom. The van der Waals surface area contributed by atoms with Crippen LogP contribution in [0.4, 0.5) is 4.79 Å². The van der Waals surface area contributed by atoms with Crippen molar-refractivity contribution in [3.05, 3.63) is 60.7 Å². The van der Waals surface area contributed by atoms with Gasteiger partial charge in [0.15, 0.2) is 12.1 Å². The first-order valence-corrected chi connectivity index (χ1v) is 18.4. The number of amides is 1. The predicted octanol–water partition coefficient (Wildman–Crippen LogP) is 4.08. The zero-order valence-electron chi connectivity index (χ0n) is 28.0. The second-order valence-corrected chi connectivity index (χ2v) is 15.9. The summed E-state index contributed by atoms with van der Waals surface area (Å²) in [5, 5.41) is 17.6. The summed E-state index contributed by atoms with van der Waals surface area (Å²) in [5.74, 6) is 1.74. The van der Waals surface area contributed by atoms with Crippen molar-refractivity contribution in [2.45, 2.75) is 82.1 Å². The fourth-order valence-electron chi connectivity index (χ4n) is 7.44. The van der Waals surface area contributed by atoms with Crippen LogP contribution in [0.15, 0.2) is 64.1 Å². The molecular formula is C35H48N4O8S. The molecule has 3 heterocycles. The van der Waals surface area contributed by atoms with Crippen LogP contribution < -0.4 is 10.6 Å². The molecule has 12 nitrogen and oxygen atoms in total. The summed E-state index contributed by atoms with van der Waals surface area (Å²) < 4.78 is 53.1. The van der Waals surface area contributed by atoms with Gasteiger partial charge in [0, 0.05) is 30.5 Å². The van der Waals surface area contributed by atoms with E-state index in [1.54, 1.807) is 25.4 Å². The average Bonchev–Trinajstić information content (AvgIpc) is 3.66. The van der Waals surface area contributed by atoms with E-state index in [0.717, 1.165) is 12.8 Å². The van der Waals surface area contributed by atoms with Gasteiger partial charge < -0.3 is 34.4 Å². The Morgan fingerprint density at radius 2 is 1.96 bits per heavy atom. The highest BCUT2D eigenvalue weighted by Crippen LogP contribution is 2.50. The number of allylic oxidation sites excluding steroid dienone is 4.